The number of benzene rings is 1. The average molecular weight is 349 g/mol. The molecule has 0 N–H and O–H groups in total. The Hall–Kier alpha value is -0.900. The van der Waals surface area contributed by atoms with Crippen LogP contribution in [0.2, 0.25) is 0 Å². The molecule has 0 aliphatic carbocycles. The molecule has 0 aliphatic heterocycles. The van der Waals surface area contributed by atoms with E-state index in [9.17, 15) is 0 Å². The Morgan fingerprint density at radius 3 is 2.74 bits per heavy atom. The highest BCUT2D eigenvalue weighted by atomic mass is 79.9. The molecule has 0 atom stereocenters. The number of rotatable bonds is 3. The van der Waals surface area contributed by atoms with Crippen LogP contribution in [-0.4, -0.2) is 0 Å². The van der Waals surface area contributed by atoms with Gasteiger partial charge in [-0.05, 0) is 53.8 Å². The van der Waals surface area contributed by atoms with Crippen LogP contribution in [0.5, 0.6) is 0 Å². The third kappa shape index (κ3) is 2.99. The predicted molar refractivity (Wildman–Crippen MR) is 89.3 cm³/mol. The summed E-state index contributed by atoms with van der Waals surface area (Å²) in [6.07, 6.45) is 1.02. The summed E-state index contributed by atoms with van der Waals surface area (Å²) in [5.74, 6) is 0. The molecule has 3 heteroatoms. The molecular formula is C16H13BrS2. The van der Waals surface area contributed by atoms with Crippen molar-refractivity contribution >= 4 is 38.6 Å². The Balaban J connectivity index is 1.86. The van der Waals surface area contributed by atoms with Gasteiger partial charge in [-0.2, -0.15) is 0 Å². The molecule has 0 aliphatic rings. The number of halogens is 1. The van der Waals surface area contributed by atoms with Gasteiger partial charge in [-0.1, -0.05) is 28.1 Å². The van der Waals surface area contributed by atoms with E-state index in [1.54, 1.807) is 11.3 Å². The molecule has 0 unspecified atom stereocenters. The summed E-state index contributed by atoms with van der Waals surface area (Å²) in [7, 11) is 0. The lowest BCUT2D eigenvalue weighted by Crippen LogP contribution is -1.89. The minimum atomic E-state index is 1.02. The van der Waals surface area contributed by atoms with Crippen LogP contribution in [0, 0.1) is 6.92 Å². The van der Waals surface area contributed by atoms with Crippen LogP contribution in [-0.2, 0) is 6.42 Å². The molecule has 0 spiro atoms. The molecular weight excluding hydrogens is 336 g/mol. The minimum absolute atomic E-state index is 1.02. The maximum atomic E-state index is 3.55. The second-order valence-corrected chi connectivity index (χ2v) is 7.52. The molecule has 3 rings (SSSR count). The fraction of sp³-hybridized carbons (Fsp3) is 0.125. The molecule has 0 saturated heterocycles. The van der Waals surface area contributed by atoms with Gasteiger partial charge >= 0.3 is 0 Å². The standard InChI is InChI=1S/C16H13BrS2/c1-11-4-5-13(17)9-12(11)10-14-6-7-16(19-14)15-3-2-8-18-15/h2-9H,10H2,1H3. The van der Waals surface area contributed by atoms with Crippen LogP contribution in [0.25, 0.3) is 9.75 Å². The third-order valence-corrected chi connectivity index (χ3v) is 5.75. The van der Waals surface area contributed by atoms with E-state index in [1.807, 2.05) is 11.3 Å². The number of hydrogen-bond acceptors (Lipinski definition) is 2. The lowest BCUT2D eigenvalue weighted by Gasteiger charge is -2.04. The topological polar surface area (TPSA) is 0 Å². The van der Waals surface area contributed by atoms with Crippen LogP contribution in [0.3, 0.4) is 0 Å². The third-order valence-electron chi connectivity index (χ3n) is 3.10. The van der Waals surface area contributed by atoms with E-state index in [-0.39, 0.29) is 0 Å². The zero-order valence-electron chi connectivity index (χ0n) is 10.5. The first kappa shape index (κ1) is 13.1. The summed E-state index contributed by atoms with van der Waals surface area (Å²) in [5.41, 5.74) is 2.75. The second-order valence-electron chi connectivity index (χ2n) is 4.49. The summed E-state index contributed by atoms with van der Waals surface area (Å²) in [5, 5.41) is 2.13. The molecule has 0 nitrogen and oxygen atoms in total. The molecule has 0 saturated carbocycles. The maximum Gasteiger partial charge on any atom is 0.0445 e. The summed E-state index contributed by atoms with van der Waals surface area (Å²) in [6.45, 7) is 2.18. The molecule has 0 fully saturated rings. The van der Waals surface area contributed by atoms with E-state index in [4.69, 9.17) is 0 Å². The Kier molecular flexibility index (Phi) is 3.87. The van der Waals surface area contributed by atoms with Crippen molar-refractivity contribution in [2.75, 3.05) is 0 Å². The molecule has 3 aromatic rings. The summed E-state index contributed by atoms with van der Waals surface area (Å²) >= 11 is 7.25. The van der Waals surface area contributed by atoms with Gasteiger partial charge in [-0.15, -0.1) is 22.7 Å². The molecule has 0 radical (unpaired) electrons. The van der Waals surface area contributed by atoms with Gasteiger partial charge in [0.25, 0.3) is 0 Å². The Morgan fingerprint density at radius 2 is 1.95 bits per heavy atom. The van der Waals surface area contributed by atoms with Crippen molar-refractivity contribution in [2.24, 2.45) is 0 Å². The highest BCUT2D eigenvalue weighted by Crippen LogP contribution is 2.33. The van der Waals surface area contributed by atoms with Crippen molar-refractivity contribution in [3.63, 3.8) is 0 Å². The minimum Gasteiger partial charge on any atom is -0.143 e. The lowest BCUT2D eigenvalue weighted by molar-refractivity contribution is 1.19. The summed E-state index contributed by atoms with van der Waals surface area (Å²) < 4.78 is 1.16. The van der Waals surface area contributed by atoms with Crippen molar-refractivity contribution < 1.29 is 0 Å². The van der Waals surface area contributed by atoms with E-state index >= 15 is 0 Å². The van der Waals surface area contributed by atoms with Crippen LogP contribution >= 0.6 is 38.6 Å². The van der Waals surface area contributed by atoms with Crippen LogP contribution in [0.1, 0.15) is 16.0 Å². The van der Waals surface area contributed by atoms with Gasteiger partial charge in [-0.25, -0.2) is 0 Å². The van der Waals surface area contributed by atoms with Crippen molar-refractivity contribution in [2.45, 2.75) is 13.3 Å². The number of aryl methyl sites for hydroxylation is 1. The Morgan fingerprint density at radius 1 is 1.05 bits per heavy atom. The molecule has 1 aromatic carbocycles. The highest BCUT2D eigenvalue weighted by molar-refractivity contribution is 9.10. The van der Waals surface area contributed by atoms with Crippen molar-refractivity contribution in [3.8, 4) is 9.75 Å². The second kappa shape index (κ2) is 5.61. The van der Waals surface area contributed by atoms with E-state index in [0.717, 1.165) is 10.9 Å². The van der Waals surface area contributed by atoms with Crippen molar-refractivity contribution in [1.29, 1.82) is 0 Å². The van der Waals surface area contributed by atoms with Crippen LogP contribution in [0.15, 0.2) is 52.3 Å². The number of thiophene rings is 2. The molecule has 96 valence electrons. The van der Waals surface area contributed by atoms with E-state index in [2.05, 4.69) is 70.7 Å². The monoisotopic (exact) mass is 348 g/mol. The fourth-order valence-electron chi connectivity index (χ4n) is 2.04. The van der Waals surface area contributed by atoms with Gasteiger partial charge in [0, 0.05) is 25.5 Å². The van der Waals surface area contributed by atoms with Gasteiger partial charge in [-0.3, -0.25) is 0 Å². The molecule has 0 amide bonds. The van der Waals surface area contributed by atoms with E-state index in [0.29, 0.717) is 0 Å². The van der Waals surface area contributed by atoms with Crippen molar-refractivity contribution in [1.82, 2.24) is 0 Å². The predicted octanol–water partition coefficient (Wildman–Crippen LogP) is 6.14. The summed E-state index contributed by atoms with van der Waals surface area (Å²) in [4.78, 5) is 4.16. The van der Waals surface area contributed by atoms with Gasteiger partial charge in [0.1, 0.15) is 0 Å². The zero-order valence-corrected chi connectivity index (χ0v) is 13.7. The highest BCUT2D eigenvalue weighted by Gasteiger charge is 2.06. The Labute approximate surface area is 129 Å². The first-order valence-electron chi connectivity index (χ1n) is 6.10. The number of hydrogen-bond donors (Lipinski definition) is 0. The van der Waals surface area contributed by atoms with E-state index < -0.39 is 0 Å². The van der Waals surface area contributed by atoms with Gasteiger partial charge in [0.05, 0.1) is 0 Å². The smallest absolute Gasteiger partial charge is 0.0445 e. The van der Waals surface area contributed by atoms with Crippen LogP contribution < -0.4 is 0 Å². The molecule has 0 bridgehead atoms. The quantitative estimate of drug-likeness (QED) is 0.533. The lowest BCUT2D eigenvalue weighted by atomic mass is 10.1. The molecule has 2 heterocycles. The first-order chi connectivity index (χ1) is 9.22. The largest absolute Gasteiger partial charge is 0.143 e. The molecule has 2 aromatic heterocycles. The van der Waals surface area contributed by atoms with Gasteiger partial charge < -0.3 is 0 Å². The average Bonchev–Trinajstić information content (AvgIpc) is 3.04. The fourth-order valence-corrected chi connectivity index (χ4v) is 4.32. The van der Waals surface area contributed by atoms with Gasteiger partial charge in [0.2, 0.25) is 0 Å². The van der Waals surface area contributed by atoms with Gasteiger partial charge in [0.15, 0.2) is 0 Å². The first-order valence-corrected chi connectivity index (χ1v) is 8.59. The summed E-state index contributed by atoms with van der Waals surface area (Å²) in [6, 6.07) is 15.3. The van der Waals surface area contributed by atoms with Crippen molar-refractivity contribution in [3.05, 3.63) is 68.3 Å². The Bertz CT molecular complexity index is 681. The zero-order chi connectivity index (χ0) is 13.2. The molecule has 19 heavy (non-hydrogen) atoms. The maximum absolute atomic E-state index is 3.55. The SMILES string of the molecule is Cc1ccc(Br)cc1Cc1ccc(-c2cccs2)s1. The van der Waals surface area contributed by atoms with Crippen LogP contribution in [0.4, 0.5) is 0 Å². The van der Waals surface area contributed by atoms with E-state index in [1.165, 1.54) is 25.8 Å². The normalized spacial score (nSPS) is 10.8.